The summed E-state index contributed by atoms with van der Waals surface area (Å²) in [6.07, 6.45) is 0.781. The largest absolute Gasteiger partial charge is 0.481 e. The van der Waals surface area contributed by atoms with Crippen molar-refractivity contribution in [1.29, 1.82) is 0 Å². The second-order valence-corrected chi connectivity index (χ2v) is 10.2. The van der Waals surface area contributed by atoms with Crippen molar-refractivity contribution >= 4 is 51.0 Å². The van der Waals surface area contributed by atoms with E-state index >= 15 is 0 Å². The Bertz CT molecular complexity index is 1020. The number of thiophene rings is 1. The van der Waals surface area contributed by atoms with Gasteiger partial charge in [0.2, 0.25) is 0 Å². The fraction of sp³-hybridized carbons (Fsp3) is 0.350. The number of benzene rings is 1. The van der Waals surface area contributed by atoms with E-state index in [0.29, 0.717) is 11.8 Å². The molecule has 0 radical (unpaired) electrons. The predicted octanol–water partition coefficient (Wildman–Crippen LogP) is 5.01. The van der Waals surface area contributed by atoms with Crippen LogP contribution in [0.4, 0.5) is 0 Å². The summed E-state index contributed by atoms with van der Waals surface area (Å²) < 4.78 is 5.95. The highest BCUT2D eigenvalue weighted by Gasteiger charge is 2.31. The van der Waals surface area contributed by atoms with Crippen LogP contribution in [0.5, 0.6) is 0 Å². The highest BCUT2D eigenvalue weighted by atomic mass is 32.2. The van der Waals surface area contributed by atoms with E-state index in [-0.39, 0.29) is 11.4 Å². The standard InChI is InChI=1S/C20H20N2O3S3/c1-20(2)8-13-14(9-25-20)28-18-16(13)17(26-11-15(23)24)21-19(22-18)27-10-12-6-4-3-5-7-12/h3-7H,8-11H2,1-2H3,(H,23,24). The van der Waals surface area contributed by atoms with Crippen molar-refractivity contribution in [3.8, 4) is 0 Å². The maximum Gasteiger partial charge on any atom is 0.313 e. The predicted molar refractivity (Wildman–Crippen MR) is 114 cm³/mol. The zero-order valence-electron chi connectivity index (χ0n) is 15.6. The lowest BCUT2D eigenvalue weighted by molar-refractivity contribution is -0.133. The van der Waals surface area contributed by atoms with Crippen LogP contribution in [0.15, 0.2) is 40.5 Å². The summed E-state index contributed by atoms with van der Waals surface area (Å²) in [7, 11) is 0. The molecule has 1 aromatic carbocycles. The molecule has 0 saturated carbocycles. The number of carboxylic acid groups (broad SMARTS) is 1. The zero-order valence-corrected chi connectivity index (χ0v) is 18.0. The number of carbonyl (C=O) groups is 1. The Kier molecular flexibility index (Phi) is 5.64. The van der Waals surface area contributed by atoms with Crippen LogP contribution in [0.1, 0.15) is 29.9 Å². The molecule has 0 unspecified atom stereocenters. The van der Waals surface area contributed by atoms with E-state index < -0.39 is 5.97 Å². The van der Waals surface area contributed by atoms with E-state index in [1.54, 1.807) is 23.1 Å². The van der Waals surface area contributed by atoms with Gasteiger partial charge in [-0.2, -0.15) is 0 Å². The first kappa shape index (κ1) is 19.7. The third-order valence-electron chi connectivity index (χ3n) is 4.42. The second-order valence-electron chi connectivity index (χ2n) is 7.18. The van der Waals surface area contributed by atoms with Gasteiger partial charge in [-0.25, -0.2) is 9.97 Å². The van der Waals surface area contributed by atoms with Gasteiger partial charge in [-0.15, -0.1) is 11.3 Å². The molecule has 146 valence electrons. The Morgan fingerprint density at radius 2 is 2.04 bits per heavy atom. The van der Waals surface area contributed by atoms with Gasteiger partial charge in [0.05, 0.1) is 18.0 Å². The maximum atomic E-state index is 11.1. The average molecular weight is 433 g/mol. The summed E-state index contributed by atoms with van der Waals surface area (Å²) >= 11 is 4.48. The quantitative estimate of drug-likeness (QED) is 0.333. The Hall–Kier alpha value is -1.61. The third-order valence-corrected chi connectivity index (χ3v) is 7.40. The van der Waals surface area contributed by atoms with Crippen molar-refractivity contribution in [2.24, 2.45) is 0 Å². The molecule has 0 aliphatic carbocycles. The van der Waals surface area contributed by atoms with Crippen LogP contribution >= 0.6 is 34.9 Å². The molecule has 2 aromatic heterocycles. The molecular formula is C20H20N2O3S3. The van der Waals surface area contributed by atoms with Gasteiger partial charge in [0.15, 0.2) is 5.16 Å². The number of hydrogen-bond donors (Lipinski definition) is 1. The fourth-order valence-corrected chi connectivity index (χ4v) is 5.97. The molecule has 1 aliphatic rings. The molecule has 3 aromatic rings. The number of ether oxygens (including phenoxy) is 1. The van der Waals surface area contributed by atoms with Crippen LogP contribution in [0.25, 0.3) is 10.2 Å². The Morgan fingerprint density at radius 1 is 1.25 bits per heavy atom. The molecule has 0 amide bonds. The molecular weight excluding hydrogens is 412 g/mol. The molecule has 1 aliphatic heterocycles. The maximum absolute atomic E-state index is 11.1. The van der Waals surface area contributed by atoms with Gasteiger partial charge in [0.25, 0.3) is 0 Å². The molecule has 4 rings (SSSR count). The number of aromatic nitrogens is 2. The molecule has 0 spiro atoms. The summed E-state index contributed by atoms with van der Waals surface area (Å²) in [5.74, 6) is -0.0845. The SMILES string of the molecule is CC1(C)Cc2c(sc3nc(SCc4ccccc4)nc(SCC(=O)O)c23)CO1. The van der Waals surface area contributed by atoms with Crippen molar-refractivity contribution in [1.82, 2.24) is 9.97 Å². The number of hydrogen-bond acceptors (Lipinski definition) is 7. The first-order chi connectivity index (χ1) is 13.4. The molecule has 8 heteroatoms. The minimum Gasteiger partial charge on any atom is -0.481 e. The molecule has 0 atom stereocenters. The van der Waals surface area contributed by atoms with Crippen LogP contribution in [0.2, 0.25) is 0 Å². The number of rotatable bonds is 6. The van der Waals surface area contributed by atoms with Gasteiger partial charge in [-0.05, 0) is 25.0 Å². The molecule has 1 N–H and O–H groups in total. The van der Waals surface area contributed by atoms with Gasteiger partial charge in [0.1, 0.15) is 9.86 Å². The summed E-state index contributed by atoms with van der Waals surface area (Å²) in [6, 6.07) is 10.2. The number of nitrogens with zero attached hydrogens (tertiary/aromatic N) is 2. The highest BCUT2D eigenvalue weighted by Crippen LogP contribution is 2.42. The second kappa shape index (κ2) is 8.02. The van der Waals surface area contributed by atoms with E-state index in [1.165, 1.54) is 27.8 Å². The minimum atomic E-state index is -0.844. The molecule has 0 bridgehead atoms. The summed E-state index contributed by atoms with van der Waals surface area (Å²) in [5, 5.41) is 11.6. The van der Waals surface area contributed by atoms with E-state index in [9.17, 15) is 4.79 Å². The molecule has 3 heterocycles. The van der Waals surface area contributed by atoms with Crippen molar-refractivity contribution < 1.29 is 14.6 Å². The lowest BCUT2D eigenvalue weighted by Gasteiger charge is -2.30. The molecule has 5 nitrogen and oxygen atoms in total. The summed E-state index contributed by atoms with van der Waals surface area (Å²) in [5.41, 5.74) is 2.18. The summed E-state index contributed by atoms with van der Waals surface area (Å²) in [4.78, 5) is 22.8. The van der Waals surface area contributed by atoms with Crippen LogP contribution in [0.3, 0.4) is 0 Å². The molecule has 0 saturated heterocycles. The van der Waals surface area contributed by atoms with Crippen molar-refractivity contribution in [3.05, 3.63) is 46.3 Å². The van der Waals surface area contributed by atoms with E-state index in [4.69, 9.17) is 19.8 Å². The Morgan fingerprint density at radius 3 is 2.79 bits per heavy atom. The first-order valence-electron chi connectivity index (χ1n) is 8.89. The Balaban J connectivity index is 1.71. The number of aliphatic carboxylic acids is 1. The minimum absolute atomic E-state index is 0.0145. The molecule has 0 fully saturated rings. The summed E-state index contributed by atoms with van der Waals surface area (Å²) in [6.45, 7) is 4.72. The lowest BCUT2D eigenvalue weighted by atomic mass is 9.95. The van der Waals surface area contributed by atoms with Crippen molar-refractivity contribution in [2.75, 3.05) is 5.75 Å². The van der Waals surface area contributed by atoms with Gasteiger partial charge in [0, 0.05) is 22.4 Å². The van der Waals surface area contributed by atoms with Crippen LogP contribution in [-0.2, 0) is 28.3 Å². The lowest BCUT2D eigenvalue weighted by Crippen LogP contribution is -2.31. The van der Waals surface area contributed by atoms with Crippen LogP contribution in [0, 0.1) is 0 Å². The number of fused-ring (bicyclic) bond motifs is 3. The van der Waals surface area contributed by atoms with Gasteiger partial charge < -0.3 is 9.84 Å². The average Bonchev–Trinajstić information content (AvgIpc) is 3.02. The zero-order chi connectivity index (χ0) is 19.7. The highest BCUT2D eigenvalue weighted by molar-refractivity contribution is 8.00. The van der Waals surface area contributed by atoms with Crippen LogP contribution in [-0.4, -0.2) is 32.4 Å². The topological polar surface area (TPSA) is 72.3 Å². The van der Waals surface area contributed by atoms with E-state index in [0.717, 1.165) is 27.4 Å². The smallest absolute Gasteiger partial charge is 0.313 e. The monoisotopic (exact) mass is 432 g/mol. The van der Waals surface area contributed by atoms with Crippen molar-refractivity contribution in [3.63, 3.8) is 0 Å². The van der Waals surface area contributed by atoms with Crippen LogP contribution < -0.4 is 0 Å². The van der Waals surface area contributed by atoms with E-state index in [2.05, 4.69) is 26.0 Å². The van der Waals surface area contributed by atoms with Gasteiger partial charge in [-0.3, -0.25) is 4.79 Å². The normalized spacial score (nSPS) is 15.5. The fourth-order valence-electron chi connectivity index (χ4n) is 3.11. The number of thioether (sulfide) groups is 2. The third kappa shape index (κ3) is 4.35. The number of carboxylic acids is 1. The van der Waals surface area contributed by atoms with Gasteiger partial charge in [-0.1, -0.05) is 53.9 Å². The van der Waals surface area contributed by atoms with E-state index in [1.807, 2.05) is 18.2 Å². The Labute approximate surface area is 175 Å². The van der Waals surface area contributed by atoms with Crippen molar-refractivity contribution in [2.45, 2.75) is 48.4 Å². The van der Waals surface area contributed by atoms with Gasteiger partial charge >= 0.3 is 5.97 Å². The molecule has 28 heavy (non-hydrogen) atoms. The first-order valence-corrected chi connectivity index (χ1v) is 11.7.